The van der Waals surface area contributed by atoms with Crippen LogP contribution >= 0.6 is 35.0 Å². The Morgan fingerprint density at radius 1 is 1.25 bits per heavy atom. The minimum atomic E-state index is -4.41. The average Bonchev–Trinajstić information content (AvgIpc) is 2.08. The molecule has 1 rings (SSSR count). The lowest BCUT2D eigenvalue weighted by molar-refractivity contribution is -0.105. The number of carbonyl (C=O) groups is 1. The molecule has 0 fully saturated rings. The topological polar surface area (TPSA) is 29.1 Å². The highest BCUT2D eigenvalue weighted by atomic mass is 35.5. The number of halogens is 5. The molecule has 0 heterocycles. The third-order valence-electron chi connectivity index (χ3n) is 1.45. The van der Waals surface area contributed by atoms with Crippen molar-refractivity contribution in [2.24, 2.45) is 0 Å². The van der Waals surface area contributed by atoms with E-state index in [0.29, 0.717) is 6.41 Å². The van der Waals surface area contributed by atoms with Crippen LogP contribution in [0.4, 0.5) is 18.9 Å². The van der Waals surface area contributed by atoms with Crippen LogP contribution in [0.2, 0.25) is 10.0 Å². The highest BCUT2D eigenvalue weighted by Gasteiger charge is 2.29. The Labute approximate surface area is 103 Å². The van der Waals surface area contributed by atoms with E-state index >= 15 is 0 Å². The van der Waals surface area contributed by atoms with Crippen LogP contribution in [-0.4, -0.2) is 11.9 Å². The van der Waals surface area contributed by atoms with Gasteiger partial charge >= 0.3 is 5.51 Å². The molecule has 0 saturated heterocycles. The van der Waals surface area contributed by atoms with Crippen LogP contribution in [0, 0.1) is 0 Å². The lowest BCUT2D eigenvalue weighted by Crippen LogP contribution is -2.00. The molecule has 1 aromatic carbocycles. The van der Waals surface area contributed by atoms with Gasteiger partial charge in [0.25, 0.3) is 0 Å². The third-order valence-corrected chi connectivity index (χ3v) is 2.75. The van der Waals surface area contributed by atoms with Crippen molar-refractivity contribution in [1.82, 2.24) is 0 Å². The molecule has 1 N–H and O–H groups in total. The Morgan fingerprint density at radius 2 is 1.75 bits per heavy atom. The van der Waals surface area contributed by atoms with E-state index in [2.05, 4.69) is 5.32 Å². The van der Waals surface area contributed by atoms with E-state index in [-0.39, 0.29) is 32.4 Å². The molecule has 0 spiro atoms. The van der Waals surface area contributed by atoms with Gasteiger partial charge in [0.2, 0.25) is 6.41 Å². The molecule has 16 heavy (non-hydrogen) atoms. The number of alkyl halides is 3. The number of benzene rings is 1. The van der Waals surface area contributed by atoms with Gasteiger partial charge in [0.05, 0.1) is 15.7 Å². The zero-order chi connectivity index (χ0) is 12.3. The maximum absolute atomic E-state index is 12.1. The van der Waals surface area contributed by atoms with E-state index < -0.39 is 5.51 Å². The second-order valence-corrected chi connectivity index (χ2v) is 4.52. The first-order valence-electron chi connectivity index (χ1n) is 3.78. The fourth-order valence-corrected chi connectivity index (χ4v) is 2.29. The number of hydrogen-bond acceptors (Lipinski definition) is 2. The smallest absolute Gasteiger partial charge is 0.326 e. The van der Waals surface area contributed by atoms with Crippen LogP contribution in [0.25, 0.3) is 0 Å². The number of rotatable bonds is 3. The van der Waals surface area contributed by atoms with E-state index in [1.54, 1.807) is 0 Å². The monoisotopic (exact) mass is 289 g/mol. The number of amides is 1. The van der Waals surface area contributed by atoms with Crippen LogP contribution < -0.4 is 5.32 Å². The summed E-state index contributed by atoms with van der Waals surface area (Å²) in [7, 11) is 0. The van der Waals surface area contributed by atoms with Crippen molar-refractivity contribution in [3.05, 3.63) is 22.2 Å². The number of anilines is 1. The predicted molar refractivity (Wildman–Crippen MR) is 58.1 cm³/mol. The summed E-state index contributed by atoms with van der Waals surface area (Å²) in [6.07, 6.45) is 0.337. The van der Waals surface area contributed by atoms with Crippen molar-refractivity contribution in [3.8, 4) is 0 Å². The zero-order valence-corrected chi connectivity index (χ0v) is 9.77. The Balaban J connectivity index is 3.04. The van der Waals surface area contributed by atoms with Gasteiger partial charge in [0, 0.05) is 4.90 Å². The summed E-state index contributed by atoms with van der Waals surface area (Å²) in [5.74, 6) is 0. The lowest BCUT2D eigenvalue weighted by atomic mass is 10.3. The van der Waals surface area contributed by atoms with Gasteiger partial charge in [0.1, 0.15) is 0 Å². The molecule has 1 aromatic rings. The van der Waals surface area contributed by atoms with Gasteiger partial charge in [-0.15, -0.1) is 0 Å². The molecule has 0 saturated carbocycles. The van der Waals surface area contributed by atoms with Crippen LogP contribution in [0.5, 0.6) is 0 Å². The Hall–Kier alpha value is -0.590. The highest BCUT2D eigenvalue weighted by molar-refractivity contribution is 8.00. The van der Waals surface area contributed by atoms with E-state index in [4.69, 9.17) is 23.2 Å². The van der Waals surface area contributed by atoms with Crippen molar-refractivity contribution in [2.75, 3.05) is 5.32 Å². The highest BCUT2D eigenvalue weighted by Crippen LogP contribution is 2.41. The number of carbonyl (C=O) groups excluding carboxylic acids is 1. The van der Waals surface area contributed by atoms with Gasteiger partial charge in [-0.05, 0) is 23.9 Å². The fourth-order valence-electron chi connectivity index (χ4n) is 0.939. The maximum Gasteiger partial charge on any atom is 0.446 e. The SMILES string of the molecule is O=CNc1c(Cl)cc(SC(F)(F)F)cc1Cl. The summed E-state index contributed by atoms with van der Waals surface area (Å²) < 4.78 is 36.2. The standard InChI is InChI=1S/C8H4Cl2F3NOS/c9-5-1-4(16-8(11,12)13)2-6(10)7(5)14-3-15/h1-3H,(H,14,15). The van der Waals surface area contributed by atoms with Crippen molar-refractivity contribution in [2.45, 2.75) is 10.4 Å². The number of nitrogens with one attached hydrogen (secondary N) is 1. The van der Waals surface area contributed by atoms with Crippen molar-refractivity contribution in [3.63, 3.8) is 0 Å². The Morgan fingerprint density at radius 3 is 2.12 bits per heavy atom. The van der Waals surface area contributed by atoms with E-state index in [9.17, 15) is 18.0 Å². The normalized spacial score (nSPS) is 11.3. The van der Waals surface area contributed by atoms with Crippen molar-refractivity contribution >= 4 is 47.1 Å². The average molecular weight is 290 g/mol. The summed E-state index contributed by atoms with van der Waals surface area (Å²) in [5.41, 5.74) is -4.32. The van der Waals surface area contributed by atoms with Crippen molar-refractivity contribution in [1.29, 1.82) is 0 Å². The molecular formula is C8H4Cl2F3NOS. The minimum Gasteiger partial charge on any atom is -0.326 e. The molecule has 2 nitrogen and oxygen atoms in total. The summed E-state index contributed by atoms with van der Waals surface area (Å²) in [6.45, 7) is 0. The summed E-state index contributed by atoms with van der Waals surface area (Å²) in [5, 5.41) is 2.10. The van der Waals surface area contributed by atoms with Crippen molar-refractivity contribution < 1.29 is 18.0 Å². The minimum absolute atomic E-state index is 0.0497. The summed E-state index contributed by atoms with van der Waals surface area (Å²) >= 11 is 11.0. The third kappa shape index (κ3) is 3.77. The maximum atomic E-state index is 12.1. The molecular weight excluding hydrogens is 286 g/mol. The van der Waals surface area contributed by atoms with Gasteiger partial charge < -0.3 is 5.32 Å². The van der Waals surface area contributed by atoms with Gasteiger partial charge in [0.15, 0.2) is 0 Å². The molecule has 0 aliphatic rings. The Bertz CT molecular complexity index is 388. The summed E-state index contributed by atoms with van der Waals surface area (Å²) in [6, 6.07) is 2.16. The van der Waals surface area contributed by atoms with E-state index in [1.165, 1.54) is 0 Å². The molecule has 8 heteroatoms. The molecule has 0 atom stereocenters. The second kappa shape index (κ2) is 5.16. The molecule has 0 radical (unpaired) electrons. The van der Waals surface area contributed by atoms with E-state index in [1.807, 2.05) is 0 Å². The molecule has 0 aliphatic heterocycles. The fraction of sp³-hybridized carbons (Fsp3) is 0.125. The van der Waals surface area contributed by atoms with Gasteiger partial charge in [-0.3, -0.25) is 4.79 Å². The zero-order valence-electron chi connectivity index (χ0n) is 7.44. The van der Waals surface area contributed by atoms with Crippen LogP contribution in [-0.2, 0) is 4.79 Å². The van der Waals surface area contributed by atoms with E-state index in [0.717, 1.165) is 12.1 Å². The second-order valence-electron chi connectivity index (χ2n) is 2.57. The largest absolute Gasteiger partial charge is 0.446 e. The molecule has 0 aliphatic carbocycles. The molecule has 0 unspecified atom stereocenters. The van der Waals surface area contributed by atoms with Crippen LogP contribution in [0.3, 0.4) is 0 Å². The van der Waals surface area contributed by atoms with Gasteiger partial charge in [-0.1, -0.05) is 23.2 Å². The first-order chi connectivity index (χ1) is 7.33. The molecule has 0 bridgehead atoms. The summed E-state index contributed by atoms with van der Waals surface area (Å²) in [4.78, 5) is 10.0. The number of thioether (sulfide) groups is 1. The van der Waals surface area contributed by atoms with Crippen LogP contribution in [0.1, 0.15) is 0 Å². The molecule has 1 amide bonds. The molecule has 0 aromatic heterocycles. The quantitative estimate of drug-likeness (QED) is 0.668. The first-order valence-corrected chi connectivity index (χ1v) is 5.35. The predicted octanol–water partition coefficient (Wildman–Crippen LogP) is 4.17. The Kier molecular flexibility index (Phi) is 4.35. The van der Waals surface area contributed by atoms with Crippen LogP contribution in [0.15, 0.2) is 17.0 Å². The lowest BCUT2D eigenvalue weighted by Gasteiger charge is -2.09. The molecule has 88 valence electrons. The number of hydrogen-bond donors (Lipinski definition) is 1. The van der Waals surface area contributed by atoms with Gasteiger partial charge in [-0.2, -0.15) is 13.2 Å². The first kappa shape index (κ1) is 13.5. The van der Waals surface area contributed by atoms with Gasteiger partial charge in [-0.25, -0.2) is 0 Å².